The van der Waals surface area contributed by atoms with Crippen molar-refractivity contribution in [3.63, 3.8) is 0 Å². The Labute approximate surface area is 311 Å². The fourth-order valence-corrected chi connectivity index (χ4v) is 13.3. The number of carbonyl (C=O) groups excluding carboxylic acids is 1. The number of hydrogen-bond donors (Lipinski definition) is 2. The lowest BCUT2D eigenvalue weighted by Crippen LogP contribution is -2.56. The zero-order chi connectivity index (χ0) is 38.6. The van der Waals surface area contributed by atoms with E-state index in [9.17, 15) is 25.1 Å². The fraction of sp³-hybridized carbons (Fsp3) is 0.833. The molecule has 7 rings (SSSR count). The lowest BCUT2D eigenvalue weighted by atomic mass is 9.46. The maximum atomic E-state index is 13.0. The summed E-state index contributed by atoms with van der Waals surface area (Å²) < 4.78 is 24.3. The first-order valence-corrected chi connectivity index (χ1v) is 20.3. The molecule has 2 spiro atoms. The fourth-order valence-electron chi connectivity index (χ4n) is 13.3. The van der Waals surface area contributed by atoms with Crippen molar-refractivity contribution in [2.75, 3.05) is 6.61 Å². The molecule has 294 valence electrons. The second kappa shape index (κ2) is 14.8. The van der Waals surface area contributed by atoms with Crippen LogP contribution in [0.4, 0.5) is 10.5 Å². The van der Waals surface area contributed by atoms with Crippen LogP contribution in [0.1, 0.15) is 128 Å². The molecule has 13 atom stereocenters. The van der Waals surface area contributed by atoms with Gasteiger partial charge in [-0.05, 0) is 130 Å². The smallest absolute Gasteiger partial charge is 0.430 e. The standard InChI is InChI=1S/C38H55NO9.2C2H6/c1-8-45-32(35(5,6)42)26-15-13-25-31(47-26)30(40)29-24-14-16-27-34(3,4)28(48-33(41)46-23-11-9-22(10-12-23)39(43)44)17-18-38(27)21(2)37(24,38)20-19-36(25,29)7;2*1-2/h9-12,21,24-32,40,42H,8,13-20H2,1-7H3;2*1-2H3/t21-,24-,25?,26+,27?,28-,29?,30+,31-,32-,36+,37-,38?;;/m0../s1. The summed E-state index contributed by atoms with van der Waals surface area (Å²) in [6, 6.07) is 5.45. The third-order valence-corrected chi connectivity index (χ3v) is 15.1. The molecule has 2 N–H and O–H groups in total. The topological polar surface area (TPSA) is 138 Å². The predicted molar refractivity (Wildman–Crippen MR) is 200 cm³/mol. The maximum Gasteiger partial charge on any atom is 0.514 e. The van der Waals surface area contributed by atoms with Crippen LogP contribution in [0.15, 0.2) is 24.3 Å². The minimum Gasteiger partial charge on any atom is -0.430 e. The molecule has 10 nitrogen and oxygen atoms in total. The van der Waals surface area contributed by atoms with Gasteiger partial charge in [0.05, 0.1) is 28.8 Å². The van der Waals surface area contributed by atoms with Gasteiger partial charge in [-0.3, -0.25) is 10.1 Å². The van der Waals surface area contributed by atoms with E-state index in [0.29, 0.717) is 30.3 Å². The number of hydrogen-bond acceptors (Lipinski definition) is 9. The molecule has 1 aliphatic heterocycles. The van der Waals surface area contributed by atoms with Crippen LogP contribution < -0.4 is 4.74 Å². The number of aliphatic hydroxyl groups is 2. The summed E-state index contributed by atoms with van der Waals surface area (Å²) in [6.07, 6.45) is 5.33. The van der Waals surface area contributed by atoms with Gasteiger partial charge >= 0.3 is 6.16 Å². The first kappa shape index (κ1) is 40.9. The molecule has 4 unspecified atom stereocenters. The van der Waals surface area contributed by atoms with Gasteiger partial charge in [-0.15, -0.1) is 0 Å². The Kier molecular flexibility index (Phi) is 11.6. The van der Waals surface area contributed by atoms with Crippen molar-refractivity contribution in [1.82, 2.24) is 0 Å². The predicted octanol–water partition coefficient (Wildman–Crippen LogP) is 9.13. The SMILES string of the molecule is CC.CC.CCO[C@@H]([C@H]1CCC2[C@H](O1)[C@H](O)C1[C@@H]3CCC4C(C)(C)[C@@H](OC(=O)Oc5ccc([N+](=O)[O-])cc5)CCC45[C@@H](C)[C@@]35CC[C@]21C)C(C)(C)O. The number of carbonyl (C=O) groups is 1. The van der Waals surface area contributed by atoms with Gasteiger partial charge in [-0.2, -0.15) is 0 Å². The number of ether oxygens (including phenoxy) is 4. The van der Waals surface area contributed by atoms with Gasteiger partial charge < -0.3 is 29.2 Å². The number of fused-ring (bicyclic) bond motifs is 4. The van der Waals surface area contributed by atoms with Crippen LogP contribution in [0.5, 0.6) is 5.75 Å². The van der Waals surface area contributed by atoms with Crippen molar-refractivity contribution in [2.45, 2.75) is 164 Å². The van der Waals surface area contributed by atoms with E-state index in [2.05, 4.69) is 27.7 Å². The summed E-state index contributed by atoms with van der Waals surface area (Å²) >= 11 is 0. The van der Waals surface area contributed by atoms with Crippen molar-refractivity contribution in [3.8, 4) is 5.75 Å². The van der Waals surface area contributed by atoms with Gasteiger partial charge in [0.15, 0.2) is 0 Å². The maximum absolute atomic E-state index is 13.0. The number of nitro benzene ring substituents is 1. The van der Waals surface area contributed by atoms with Crippen LogP contribution in [0.25, 0.3) is 0 Å². The van der Waals surface area contributed by atoms with E-state index in [-0.39, 0.29) is 57.3 Å². The van der Waals surface area contributed by atoms with Gasteiger partial charge in [-0.1, -0.05) is 55.4 Å². The Bertz CT molecular complexity index is 1430. The van der Waals surface area contributed by atoms with E-state index in [1.165, 1.54) is 24.3 Å². The number of rotatable bonds is 7. The van der Waals surface area contributed by atoms with Crippen molar-refractivity contribution in [2.24, 2.45) is 51.2 Å². The largest absolute Gasteiger partial charge is 0.514 e. The second-order valence-electron chi connectivity index (χ2n) is 17.5. The van der Waals surface area contributed by atoms with Crippen molar-refractivity contribution in [1.29, 1.82) is 0 Å². The first-order valence-electron chi connectivity index (χ1n) is 20.3. The van der Waals surface area contributed by atoms with Crippen LogP contribution in [-0.4, -0.2) is 64.0 Å². The number of benzene rings is 1. The van der Waals surface area contributed by atoms with Crippen molar-refractivity contribution in [3.05, 3.63) is 34.4 Å². The molecule has 0 bridgehead atoms. The molecule has 1 aromatic carbocycles. The molecule has 0 aromatic heterocycles. The lowest BCUT2D eigenvalue weighted by Gasteiger charge is -2.59. The van der Waals surface area contributed by atoms with Crippen molar-refractivity contribution < 1.29 is 38.9 Å². The van der Waals surface area contributed by atoms with E-state index < -0.39 is 28.9 Å². The Morgan fingerprint density at radius 1 is 0.981 bits per heavy atom. The highest BCUT2D eigenvalue weighted by Gasteiger charge is 2.85. The number of aliphatic hydroxyl groups excluding tert-OH is 1. The Morgan fingerprint density at radius 2 is 1.62 bits per heavy atom. The Balaban J connectivity index is 0.00000126. The quantitative estimate of drug-likeness (QED) is 0.122. The molecule has 1 saturated heterocycles. The van der Waals surface area contributed by atoms with Gasteiger partial charge in [0.2, 0.25) is 0 Å². The zero-order valence-corrected chi connectivity index (χ0v) is 33.6. The average Bonchev–Trinajstić information content (AvgIpc) is 3.55. The monoisotopic (exact) mass is 729 g/mol. The summed E-state index contributed by atoms with van der Waals surface area (Å²) in [5.74, 6) is 2.01. The third-order valence-electron chi connectivity index (χ3n) is 15.1. The lowest BCUT2D eigenvalue weighted by molar-refractivity contribution is -0.384. The zero-order valence-electron chi connectivity index (χ0n) is 33.6. The van der Waals surface area contributed by atoms with Crippen LogP contribution in [-0.2, 0) is 14.2 Å². The summed E-state index contributed by atoms with van der Waals surface area (Å²) in [7, 11) is 0. The molecule has 0 amide bonds. The van der Waals surface area contributed by atoms with Gasteiger partial charge in [0.1, 0.15) is 18.0 Å². The van der Waals surface area contributed by atoms with Crippen LogP contribution in [0.2, 0.25) is 0 Å². The minimum absolute atomic E-state index is 0.00854. The third kappa shape index (κ3) is 6.10. The highest BCUT2D eigenvalue weighted by molar-refractivity contribution is 5.64. The summed E-state index contributed by atoms with van der Waals surface area (Å²) in [4.78, 5) is 23.5. The number of non-ortho nitro benzene ring substituents is 1. The number of nitro groups is 1. The first-order chi connectivity index (χ1) is 24.5. The van der Waals surface area contributed by atoms with Gasteiger partial charge in [0, 0.05) is 24.2 Å². The Morgan fingerprint density at radius 3 is 2.21 bits per heavy atom. The Hall–Kier alpha value is -2.27. The number of nitrogens with zero attached hydrogens (tertiary/aromatic N) is 1. The minimum atomic E-state index is -1.04. The molecule has 6 fully saturated rings. The molecular weight excluding hydrogens is 662 g/mol. The van der Waals surface area contributed by atoms with E-state index >= 15 is 0 Å². The summed E-state index contributed by atoms with van der Waals surface area (Å²) in [5, 5.41) is 34.2. The molecule has 10 heteroatoms. The normalized spacial score (nSPS) is 41.4. The molecular formula is C42H67NO9. The van der Waals surface area contributed by atoms with Crippen LogP contribution in [0.3, 0.4) is 0 Å². The highest BCUT2D eigenvalue weighted by atomic mass is 16.7. The molecule has 5 aliphatic carbocycles. The van der Waals surface area contributed by atoms with Gasteiger partial charge in [0.25, 0.3) is 5.69 Å². The highest BCUT2D eigenvalue weighted by Crippen LogP contribution is 2.89. The molecule has 5 saturated carbocycles. The molecule has 1 aromatic rings. The van der Waals surface area contributed by atoms with E-state index in [1.54, 1.807) is 13.8 Å². The summed E-state index contributed by atoms with van der Waals surface area (Å²) in [5.41, 5.74) is -1.04. The molecule has 6 aliphatic rings. The average molecular weight is 730 g/mol. The molecule has 52 heavy (non-hydrogen) atoms. The molecule has 1 heterocycles. The summed E-state index contributed by atoms with van der Waals surface area (Å²) in [6.45, 7) is 23.4. The van der Waals surface area contributed by atoms with Crippen molar-refractivity contribution >= 4 is 11.8 Å². The second-order valence-corrected chi connectivity index (χ2v) is 17.5. The van der Waals surface area contributed by atoms with Crippen LogP contribution in [0, 0.1) is 61.4 Å². The molecule has 0 radical (unpaired) electrons. The van der Waals surface area contributed by atoms with E-state index in [4.69, 9.17) is 18.9 Å². The van der Waals surface area contributed by atoms with E-state index in [0.717, 1.165) is 51.4 Å². The van der Waals surface area contributed by atoms with Crippen LogP contribution >= 0.6 is 0 Å². The van der Waals surface area contributed by atoms with E-state index in [1.807, 2.05) is 34.6 Å². The van der Waals surface area contributed by atoms with Gasteiger partial charge in [-0.25, -0.2) is 4.79 Å².